The van der Waals surface area contributed by atoms with Crippen molar-refractivity contribution in [2.45, 2.75) is 34.1 Å². The number of nitrogens with zero attached hydrogens (tertiary/aromatic N) is 2. The van der Waals surface area contributed by atoms with Crippen molar-refractivity contribution >= 4 is 11.6 Å². The van der Waals surface area contributed by atoms with Gasteiger partial charge in [0.05, 0.1) is 5.70 Å². The maximum absolute atomic E-state index is 12.3. The molecule has 0 spiro atoms. The summed E-state index contributed by atoms with van der Waals surface area (Å²) < 4.78 is 0. The van der Waals surface area contributed by atoms with Crippen LogP contribution in [0.3, 0.4) is 0 Å². The molecule has 0 aromatic heterocycles. The molecule has 0 saturated heterocycles. The zero-order chi connectivity index (χ0) is 15.0. The predicted octanol–water partition coefficient (Wildman–Crippen LogP) is 3.30. The van der Waals surface area contributed by atoms with Gasteiger partial charge in [0, 0.05) is 26.1 Å². The highest BCUT2D eigenvalue weighted by molar-refractivity contribution is 5.89. The minimum atomic E-state index is 0.164. The highest BCUT2D eigenvalue weighted by Crippen LogP contribution is 2.32. The van der Waals surface area contributed by atoms with Gasteiger partial charge in [-0.15, -0.1) is 0 Å². The molecule has 0 N–H and O–H groups in total. The number of benzene rings is 1. The van der Waals surface area contributed by atoms with Gasteiger partial charge in [-0.05, 0) is 43.4 Å². The minimum absolute atomic E-state index is 0.164. The van der Waals surface area contributed by atoms with E-state index < -0.39 is 0 Å². The Labute approximate surface area is 121 Å². The molecule has 0 fully saturated rings. The zero-order valence-electron chi connectivity index (χ0n) is 13.3. The molecule has 0 aliphatic carbocycles. The average molecular weight is 272 g/mol. The third-order valence-corrected chi connectivity index (χ3v) is 4.14. The van der Waals surface area contributed by atoms with Gasteiger partial charge >= 0.3 is 0 Å². The van der Waals surface area contributed by atoms with Crippen molar-refractivity contribution in [3.63, 3.8) is 0 Å². The van der Waals surface area contributed by atoms with Gasteiger partial charge in [0.25, 0.3) is 0 Å². The summed E-state index contributed by atoms with van der Waals surface area (Å²) in [5.74, 6) is 0.451. The minimum Gasteiger partial charge on any atom is -0.273 e. The standard InChI is InChI=1S/C17H24N2O/c1-11-9-16(19(18(5)6)17(20)10-11)15-8-7-12(2)13(3)14(15)4/h7-9,11H,10H2,1-6H3. The first-order chi connectivity index (χ1) is 9.32. The summed E-state index contributed by atoms with van der Waals surface area (Å²) in [4.78, 5) is 12.3. The van der Waals surface area contributed by atoms with E-state index in [4.69, 9.17) is 0 Å². The second kappa shape index (κ2) is 5.41. The van der Waals surface area contributed by atoms with E-state index in [1.165, 1.54) is 16.7 Å². The van der Waals surface area contributed by atoms with Gasteiger partial charge in [-0.2, -0.15) is 0 Å². The number of hydrazine groups is 1. The molecule has 20 heavy (non-hydrogen) atoms. The quantitative estimate of drug-likeness (QED) is 0.824. The number of amides is 1. The molecule has 108 valence electrons. The van der Waals surface area contributed by atoms with Crippen LogP contribution in [0.5, 0.6) is 0 Å². The lowest BCUT2D eigenvalue weighted by Gasteiger charge is -2.36. The highest BCUT2D eigenvalue weighted by Gasteiger charge is 2.28. The average Bonchev–Trinajstić information content (AvgIpc) is 2.34. The Hall–Kier alpha value is -1.61. The summed E-state index contributed by atoms with van der Waals surface area (Å²) in [5, 5.41) is 3.66. The topological polar surface area (TPSA) is 23.6 Å². The van der Waals surface area contributed by atoms with E-state index in [-0.39, 0.29) is 11.8 Å². The van der Waals surface area contributed by atoms with E-state index in [2.05, 4.69) is 45.9 Å². The molecule has 0 radical (unpaired) electrons. The van der Waals surface area contributed by atoms with Gasteiger partial charge in [0.15, 0.2) is 0 Å². The Balaban J connectivity index is 2.59. The molecule has 1 heterocycles. The van der Waals surface area contributed by atoms with Crippen LogP contribution in [0.25, 0.3) is 5.70 Å². The monoisotopic (exact) mass is 272 g/mol. The molecular formula is C17H24N2O. The number of carbonyl (C=O) groups is 1. The molecule has 1 unspecified atom stereocenters. The van der Waals surface area contributed by atoms with Gasteiger partial charge in [-0.25, -0.2) is 10.0 Å². The van der Waals surface area contributed by atoms with Crippen LogP contribution < -0.4 is 0 Å². The van der Waals surface area contributed by atoms with Crippen molar-refractivity contribution in [1.29, 1.82) is 0 Å². The third kappa shape index (κ3) is 2.50. The maximum atomic E-state index is 12.3. The van der Waals surface area contributed by atoms with Gasteiger partial charge in [-0.1, -0.05) is 25.1 Å². The van der Waals surface area contributed by atoms with Crippen molar-refractivity contribution < 1.29 is 4.79 Å². The van der Waals surface area contributed by atoms with Crippen LogP contribution in [0.2, 0.25) is 0 Å². The van der Waals surface area contributed by atoms with Crippen LogP contribution in [-0.2, 0) is 4.79 Å². The number of rotatable bonds is 2. The smallest absolute Gasteiger partial charge is 0.242 e. The second-order valence-electron chi connectivity index (χ2n) is 5.97. The molecule has 3 nitrogen and oxygen atoms in total. The molecule has 0 saturated carbocycles. The molecule has 0 bridgehead atoms. The molecule has 1 aliphatic heterocycles. The summed E-state index contributed by atoms with van der Waals surface area (Å²) in [5.41, 5.74) is 6.01. The zero-order valence-corrected chi connectivity index (χ0v) is 13.3. The molecular weight excluding hydrogens is 248 g/mol. The largest absolute Gasteiger partial charge is 0.273 e. The lowest BCUT2D eigenvalue weighted by Crippen LogP contribution is -2.43. The molecule has 1 aliphatic rings. The molecule has 2 rings (SSSR count). The Kier molecular flexibility index (Phi) is 4.00. The van der Waals surface area contributed by atoms with E-state index in [1.807, 2.05) is 19.1 Å². The SMILES string of the molecule is Cc1ccc(C2=CC(C)CC(=O)N2N(C)C)c(C)c1C. The van der Waals surface area contributed by atoms with Crippen LogP contribution in [-0.4, -0.2) is 30.0 Å². The normalized spacial score (nSPS) is 19.6. The van der Waals surface area contributed by atoms with E-state index in [1.54, 1.807) is 5.01 Å². The van der Waals surface area contributed by atoms with Crippen molar-refractivity contribution in [2.75, 3.05) is 14.1 Å². The van der Waals surface area contributed by atoms with Gasteiger partial charge in [-0.3, -0.25) is 4.79 Å². The molecule has 1 aromatic carbocycles. The fraction of sp³-hybridized carbons (Fsp3) is 0.471. The number of hydrogen-bond acceptors (Lipinski definition) is 2. The van der Waals surface area contributed by atoms with Gasteiger partial charge < -0.3 is 0 Å². The van der Waals surface area contributed by atoms with Crippen LogP contribution in [0.1, 0.15) is 35.6 Å². The molecule has 1 amide bonds. The Morgan fingerprint density at radius 2 is 1.80 bits per heavy atom. The summed E-state index contributed by atoms with van der Waals surface area (Å²) in [7, 11) is 3.83. The number of aryl methyl sites for hydroxylation is 1. The molecule has 3 heteroatoms. The number of carbonyl (C=O) groups excluding carboxylic acids is 1. The lowest BCUT2D eigenvalue weighted by atomic mass is 9.92. The predicted molar refractivity (Wildman–Crippen MR) is 82.9 cm³/mol. The van der Waals surface area contributed by atoms with Crippen LogP contribution >= 0.6 is 0 Å². The fourth-order valence-corrected chi connectivity index (χ4v) is 2.77. The van der Waals surface area contributed by atoms with Crippen molar-refractivity contribution in [3.8, 4) is 0 Å². The van der Waals surface area contributed by atoms with Gasteiger partial charge in [0.1, 0.15) is 0 Å². The lowest BCUT2D eigenvalue weighted by molar-refractivity contribution is -0.139. The molecule has 1 aromatic rings. The highest BCUT2D eigenvalue weighted by atomic mass is 16.2. The van der Waals surface area contributed by atoms with E-state index >= 15 is 0 Å². The van der Waals surface area contributed by atoms with Crippen LogP contribution in [0, 0.1) is 26.7 Å². The summed E-state index contributed by atoms with van der Waals surface area (Å²) in [6.45, 7) is 8.50. The Morgan fingerprint density at radius 3 is 2.40 bits per heavy atom. The first-order valence-corrected chi connectivity index (χ1v) is 7.12. The van der Waals surface area contributed by atoms with E-state index in [9.17, 15) is 4.79 Å². The number of hydrogen-bond donors (Lipinski definition) is 0. The Bertz CT molecular complexity index is 573. The van der Waals surface area contributed by atoms with E-state index in [0.29, 0.717) is 6.42 Å². The first-order valence-electron chi connectivity index (χ1n) is 7.12. The van der Waals surface area contributed by atoms with Crippen LogP contribution in [0.4, 0.5) is 0 Å². The summed E-state index contributed by atoms with van der Waals surface area (Å²) >= 11 is 0. The van der Waals surface area contributed by atoms with Gasteiger partial charge in [0.2, 0.25) is 5.91 Å². The first kappa shape index (κ1) is 14.8. The third-order valence-electron chi connectivity index (χ3n) is 4.14. The summed E-state index contributed by atoms with van der Waals surface area (Å²) in [6, 6.07) is 4.27. The summed E-state index contributed by atoms with van der Waals surface area (Å²) in [6.07, 6.45) is 2.78. The number of allylic oxidation sites excluding steroid dienone is 1. The van der Waals surface area contributed by atoms with Crippen LogP contribution in [0.15, 0.2) is 18.2 Å². The Morgan fingerprint density at radius 1 is 1.15 bits per heavy atom. The fourth-order valence-electron chi connectivity index (χ4n) is 2.77. The van der Waals surface area contributed by atoms with E-state index in [0.717, 1.165) is 11.3 Å². The second-order valence-corrected chi connectivity index (χ2v) is 5.97. The molecule has 1 atom stereocenters. The van der Waals surface area contributed by atoms with Crippen molar-refractivity contribution in [3.05, 3.63) is 40.5 Å². The van der Waals surface area contributed by atoms with Crippen molar-refractivity contribution in [2.24, 2.45) is 5.92 Å². The van der Waals surface area contributed by atoms with Crippen molar-refractivity contribution in [1.82, 2.24) is 10.0 Å². The maximum Gasteiger partial charge on any atom is 0.242 e.